The van der Waals surface area contributed by atoms with Crippen molar-refractivity contribution in [2.24, 2.45) is 5.73 Å². The third kappa shape index (κ3) is 7.10. The van der Waals surface area contributed by atoms with Gasteiger partial charge < -0.3 is 20.1 Å². The van der Waals surface area contributed by atoms with Crippen LogP contribution in [0.15, 0.2) is 58.9 Å². The highest BCUT2D eigenvalue weighted by molar-refractivity contribution is 7.98. The summed E-state index contributed by atoms with van der Waals surface area (Å²) in [6.07, 6.45) is 1.02. The minimum absolute atomic E-state index is 0.0763. The number of halogens is 1. The molecule has 0 bridgehead atoms. The minimum Gasteiger partial charge on any atom is -0.490 e. The molecule has 43 heavy (non-hydrogen) atoms. The molecule has 1 fully saturated rings. The Bertz CT molecular complexity index is 1690. The van der Waals surface area contributed by atoms with Crippen LogP contribution in [0.25, 0.3) is 26.5 Å². The Hall–Kier alpha value is -4.13. The minimum atomic E-state index is -0.692. The van der Waals surface area contributed by atoms with E-state index in [1.54, 1.807) is 30.4 Å². The Morgan fingerprint density at radius 2 is 1.91 bits per heavy atom. The largest absolute Gasteiger partial charge is 0.490 e. The SMILES string of the molecule is [C-]#[N+]c1c(N2CCC2)nc(SCc2csc(-c3ccc(Cl)cc3)n2)c(C#N)c1-c1ccc(OCCOC(=O)[C@H](C)N)cc1. The zero-order chi connectivity index (χ0) is 30.3. The summed E-state index contributed by atoms with van der Waals surface area (Å²) in [5, 5.41) is 14.4. The number of nitrogens with zero attached hydrogens (tertiary/aromatic N) is 5. The summed E-state index contributed by atoms with van der Waals surface area (Å²) >= 11 is 9.01. The quantitative estimate of drug-likeness (QED) is 0.0833. The molecule has 0 radical (unpaired) electrons. The van der Waals surface area contributed by atoms with E-state index in [1.807, 2.05) is 41.8 Å². The molecule has 0 saturated carbocycles. The maximum absolute atomic E-state index is 11.5. The van der Waals surface area contributed by atoms with Crippen LogP contribution in [0, 0.1) is 17.9 Å². The van der Waals surface area contributed by atoms with Gasteiger partial charge in [-0.2, -0.15) is 5.26 Å². The van der Waals surface area contributed by atoms with E-state index in [2.05, 4.69) is 15.8 Å². The number of nitriles is 1. The second-order valence-electron chi connectivity index (χ2n) is 9.67. The molecule has 1 atom stereocenters. The molecule has 2 aromatic carbocycles. The summed E-state index contributed by atoms with van der Waals surface area (Å²) in [5.41, 5.74) is 9.34. The van der Waals surface area contributed by atoms with Gasteiger partial charge in [-0.3, -0.25) is 4.79 Å². The number of benzene rings is 2. The first kappa shape index (κ1) is 30.3. The Labute approximate surface area is 263 Å². The van der Waals surface area contributed by atoms with Gasteiger partial charge >= 0.3 is 5.97 Å². The number of aromatic nitrogens is 2. The van der Waals surface area contributed by atoms with Gasteiger partial charge in [-0.1, -0.05) is 47.6 Å². The highest BCUT2D eigenvalue weighted by atomic mass is 35.5. The van der Waals surface area contributed by atoms with Crippen molar-refractivity contribution in [3.63, 3.8) is 0 Å². The fourth-order valence-electron chi connectivity index (χ4n) is 4.28. The lowest BCUT2D eigenvalue weighted by molar-refractivity contribution is -0.145. The summed E-state index contributed by atoms with van der Waals surface area (Å²) in [6.45, 7) is 11.4. The smallest absolute Gasteiger partial charge is 0.322 e. The van der Waals surface area contributed by atoms with Gasteiger partial charge in [0.1, 0.15) is 46.9 Å². The number of anilines is 1. The summed E-state index contributed by atoms with van der Waals surface area (Å²) in [5.74, 6) is 1.18. The van der Waals surface area contributed by atoms with E-state index in [9.17, 15) is 10.1 Å². The van der Waals surface area contributed by atoms with Crippen molar-refractivity contribution >= 4 is 52.2 Å². The first-order chi connectivity index (χ1) is 20.9. The first-order valence-electron chi connectivity index (χ1n) is 13.5. The molecule has 5 rings (SSSR count). The number of carbonyl (C=O) groups is 1. The molecule has 2 aromatic heterocycles. The van der Waals surface area contributed by atoms with E-state index in [4.69, 9.17) is 43.3 Å². The normalized spacial score (nSPS) is 13.0. The van der Waals surface area contributed by atoms with Gasteiger partial charge in [-0.05, 0) is 43.2 Å². The zero-order valence-electron chi connectivity index (χ0n) is 23.2. The van der Waals surface area contributed by atoms with Crippen molar-refractivity contribution in [3.05, 3.63) is 81.6 Å². The fraction of sp³-hybridized carbons (Fsp3) is 0.258. The van der Waals surface area contributed by atoms with Crippen molar-refractivity contribution in [3.8, 4) is 33.5 Å². The first-order valence-corrected chi connectivity index (χ1v) is 15.7. The molecule has 4 aromatic rings. The lowest BCUT2D eigenvalue weighted by Gasteiger charge is -2.34. The number of esters is 1. The maximum Gasteiger partial charge on any atom is 0.322 e. The van der Waals surface area contributed by atoms with E-state index in [1.165, 1.54) is 11.8 Å². The molecule has 2 N–H and O–H groups in total. The van der Waals surface area contributed by atoms with Crippen LogP contribution in [0.3, 0.4) is 0 Å². The summed E-state index contributed by atoms with van der Waals surface area (Å²) in [4.78, 5) is 27.1. The topological polar surface area (TPSA) is 119 Å². The summed E-state index contributed by atoms with van der Waals surface area (Å²) in [6, 6.07) is 16.4. The summed E-state index contributed by atoms with van der Waals surface area (Å²) in [7, 11) is 0. The van der Waals surface area contributed by atoms with E-state index >= 15 is 0 Å². The molecule has 1 aliphatic rings. The predicted octanol–water partition coefficient (Wildman–Crippen LogP) is 6.72. The van der Waals surface area contributed by atoms with Crippen LogP contribution in [0.1, 0.15) is 24.6 Å². The van der Waals surface area contributed by atoms with E-state index in [0.717, 1.165) is 35.8 Å². The average Bonchev–Trinajstić information content (AvgIpc) is 3.46. The molecule has 218 valence electrons. The van der Waals surface area contributed by atoms with Crippen molar-refractivity contribution in [1.29, 1.82) is 5.26 Å². The molecule has 0 amide bonds. The number of carbonyl (C=O) groups excluding carboxylic acids is 1. The zero-order valence-corrected chi connectivity index (χ0v) is 25.6. The number of hydrogen-bond acceptors (Lipinski definition) is 10. The van der Waals surface area contributed by atoms with Crippen molar-refractivity contribution in [2.75, 3.05) is 31.2 Å². The van der Waals surface area contributed by atoms with Crippen molar-refractivity contribution in [1.82, 2.24) is 9.97 Å². The van der Waals surface area contributed by atoms with Gasteiger partial charge in [-0.25, -0.2) is 14.8 Å². The number of rotatable bonds is 11. The Kier molecular flexibility index (Phi) is 9.80. The van der Waals surface area contributed by atoms with Crippen LogP contribution in [0.5, 0.6) is 5.75 Å². The highest BCUT2D eigenvalue weighted by Gasteiger charge is 2.27. The van der Waals surface area contributed by atoms with Crippen molar-refractivity contribution < 1.29 is 14.3 Å². The van der Waals surface area contributed by atoms with Crippen molar-refractivity contribution in [2.45, 2.75) is 30.2 Å². The summed E-state index contributed by atoms with van der Waals surface area (Å²) < 4.78 is 10.7. The average molecular weight is 631 g/mol. The van der Waals surface area contributed by atoms with Crippen LogP contribution < -0.4 is 15.4 Å². The molecule has 3 heterocycles. The molecule has 12 heteroatoms. The number of nitrogens with two attached hydrogens (primary N) is 1. The molecule has 1 aliphatic heterocycles. The molecule has 0 aliphatic carbocycles. The Balaban J connectivity index is 1.40. The molecular formula is C31H27ClN6O3S2. The fourth-order valence-corrected chi connectivity index (χ4v) is 6.21. The van der Waals surface area contributed by atoms with Gasteiger partial charge in [0.2, 0.25) is 5.69 Å². The molecule has 1 saturated heterocycles. The van der Waals surface area contributed by atoms with Gasteiger partial charge in [0, 0.05) is 40.4 Å². The Morgan fingerprint density at radius 3 is 2.53 bits per heavy atom. The third-order valence-electron chi connectivity index (χ3n) is 6.61. The van der Waals surface area contributed by atoms with Crippen LogP contribution in [0.4, 0.5) is 11.5 Å². The molecule has 9 nitrogen and oxygen atoms in total. The molecule has 0 spiro atoms. The monoisotopic (exact) mass is 630 g/mol. The second kappa shape index (κ2) is 13.9. The maximum atomic E-state index is 11.5. The number of hydrogen-bond donors (Lipinski definition) is 1. The standard InChI is InChI=1S/C31H27ClN6O3S2/c1-19(34)31(39)41-15-14-40-24-10-6-20(7-11-24)26-25(16-33)30(37-28(27(26)35-2)38-12-3-13-38)43-18-23-17-42-29(36-23)21-4-8-22(32)9-5-21/h4-11,17,19H,3,12-15,18,34H2,1H3/t19-/m0/s1. The highest BCUT2D eigenvalue weighted by Crippen LogP contribution is 2.45. The van der Waals surface area contributed by atoms with Crippen LogP contribution in [-0.4, -0.2) is 48.3 Å². The van der Waals surface area contributed by atoms with Crippen LogP contribution in [-0.2, 0) is 15.3 Å². The number of pyridine rings is 1. The Morgan fingerprint density at radius 1 is 1.19 bits per heavy atom. The molecular weight excluding hydrogens is 604 g/mol. The lowest BCUT2D eigenvalue weighted by atomic mass is 9.99. The van der Waals surface area contributed by atoms with E-state index in [0.29, 0.717) is 49.7 Å². The van der Waals surface area contributed by atoms with Gasteiger partial charge in [0.25, 0.3) is 0 Å². The third-order valence-corrected chi connectivity index (χ3v) is 8.81. The van der Waals surface area contributed by atoms with Crippen LogP contribution >= 0.6 is 34.7 Å². The molecule has 0 unspecified atom stereocenters. The van der Waals surface area contributed by atoms with E-state index < -0.39 is 12.0 Å². The second-order valence-corrected chi connectivity index (χ2v) is 11.9. The number of thiazole rings is 1. The van der Waals surface area contributed by atoms with Gasteiger partial charge in [0.15, 0.2) is 0 Å². The lowest BCUT2D eigenvalue weighted by Crippen LogP contribution is -2.37. The van der Waals surface area contributed by atoms with Gasteiger partial charge in [-0.15, -0.1) is 11.3 Å². The number of ether oxygens (including phenoxy) is 2. The van der Waals surface area contributed by atoms with Crippen LogP contribution in [0.2, 0.25) is 5.02 Å². The predicted molar refractivity (Wildman–Crippen MR) is 170 cm³/mol. The van der Waals surface area contributed by atoms with Gasteiger partial charge in [0.05, 0.1) is 17.8 Å². The number of thioether (sulfide) groups is 1. The van der Waals surface area contributed by atoms with E-state index in [-0.39, 0.29) is 13.2 Å².